The fraction of sp³-hybridized carbons (Fsp3) is 0.800. The molecule has 0 bridgehead atoms. The number of aromatic nitrogens is 2. The van der Waals surface area contributed by atoms with Gasteiger partial charge in [-0.15, -0.1) is 0 Å². The molecule has 1 aliphatic carbocycles. The highest BCUT2D eigenvalue weighted by atomic mass is 79.9. The SMILES string of the molecule is CCCNC1CCCC1Cc1c(Br)c(C)nn1CC. The lowest BCUT2D eigenvalue weighted by Crippen LogP contribution is -2.34. The molecule has 4 heteroatoms. The molecule has 1 fully saturated rings. The molecule has 1 saturated carbocycles. The number of rotatable bonds is 6. The van der Waals surface area contributed by atoms with Crippen LogP contribution in [0.2, 0.25) is 0 Å². The third kappa shape index (κ3) is 3.40. The topological polar surface area (TPSA) is 29.9 Å². The molecular formula is C15H26BrN3. The second kappa shape index (κ2) is 6.89. The summed E-state index contributed by atoms with van der Waals surface area (Å²) in [4.78, 5) is 0. The minimum Gasteiger partial charge on any atom is -0.314 e. The predicted octanol–water partition coefficient (Wildman–Crippen LogP) is 3.68. The van der Waals surface area contributed by atoms with Gasteiger partial charge >= 0.3 is 0 Å². The maximum absolute atomic E-state index is 4.61. The Balaban J connectivity index is 2.07. The number of nitrogens with zero attached hydrogens (tertiary/aromatic N) is 2. The predicted molar refractivity (Wildman–Crippen MR) is 83.5 cm³/mol. The molecule has 1 heterocycles. The van der Waals surface area contributed by atoms with E-state index in [2.05, 4.69) is 51.8 Å². The second-order valence-electron chi connectivity index (χ2n) is 5.62. The van der Waals surface area contributed by atoms with Crippen molar-refractivity contribution < 1.29 is 0 Å². The normalized spacial score (nSPS) is 23.2. The molecule has 0 radical (unpaired) electrons. The first-order valence-corrected chi connectivity index (χ1v) is 8.41. The Labute approximate surface area is 125 Å². The number of nitrogens with one attached hydrogen (secondary N) is 1. The van der Waals surface area contributed by atoms with Crippen LogP contribution >= 0.6 is 15.9 Å². The van der Waals surface area contributed by atoms with E-state index in [4.69, 9.17) is 0 Å². The highest BCUT2D eigenvalue weighted by Crippen LogP contribution is 2.32. The quantitative estimate of drug-likeness (QED) is 0.863. The van der Waals surface area contributed by atoms with Crippen LogP contribution in [0.15, 0.2) is 4.47 Å². The van der Waals surface area contributed by atoms with E-state index in [-0.39, 0.29) is 0 Å². The van der Waals surface area contributed by atoms with Gasteiger partial charge in [0.15, 0.2) is 0 Å². The van der Waals surface area contributed by atoms with E-state index >= 15 is 0 Å². The summed E-state index contributed by atoms with van der Waals surface area (Å²) in [5, 5.41) is 8.33. The van der Waals surface area contributed by atoms with Crippen LogP contribution in [0.4, 0.5) is 0 Å². The lowest BCUT2D eigenvalue weighted by molar-refractivity contribution is 0.389. The summed E-state index contributed by atoms with van der Waals surface area (Å²) in [5.74, 6) is 0.768. The van der Waals surface area contributed by atoms with Gasteiger partial charge in [-0.2, -0.15) is 5.10 Å². The molecule has 1 aromatic heterocycles. The molecule has 19 heavy (non-hydrogen) atoms. The van der Waals surface area contributed by atoms with E-state index in [1.807, 2.05) is 0 Å². The lowest BCUT2D eigenvalue weighted by Gasteiger charge is -2.21. The van der Waals surface area contributed by atoms with E-state index in [1.54, 1.807) is 0 Å². The van der Waals surface area contributed by atoms with Gasteiger partial charge < -0.3 is 5.32 Å². The summed E-state index contributed by atoms with van der Waals surface area (Å²) in [6.45, 7) is 8.60. The summed E-state index contributed by atoms with van der Waals surface area (Å²) in [7, 11) is 0. The first kappa shape index (κ1) is 15.0. The Hall–Kier alpha value is -0.350. The van der Waals surface area contributed by atoms with Gasteiger partial charge in [0.1, 0.15) is 0 Å². The molecule has 0 aliphatic heterocycles. The molecule has 2 rings (SSSR count). The van der Waals surface area contributed by atoms with Crippen molar-refractivity contribution in [3.8, 4) is 0 Å². The van der Waals surface area contributed by atoms with Crippen molar-refractivity contribution >= 4 is 15.9 Å². The molecule has 1 aliphatic rings. The average molecular weight is 328 g/mol. The van der Waals surface area contributed by atoms with Crippen LogP contribution in [0.1, 0.15) is 50.9 Å². The molecule has 3 nitrogen and oxygen atoms in total. The Kier molecular flexibility index (Phi) is 5.46. The molecule has 108 valence electrons. The van der Waals surface area contributed by atoms with Crippen LogP contribution in [0, 0.1) is 12.8 Å². The third-order valence-electron chi connectivity index (χ3n) is 4.22. The Morgan fingerprint density at radius 1 is 1.37 bits per heavy atom. The number of halogens is 1. The van der Waals surface area contributed by atoms with E-state index in [9.17, 15) is 0 Å². The number of hydrogen-bond acceptors (Lipinski definition) is 2. The summed E-state index contributed by atoms with van der Waals surface area (Å²) in [6.07, 6.45) is 6.42. The van der Waals surface area contributed by atoms with Gasteiger partial charge in [-0.1, -0.05) is 13.3 Å². The van der Waals surface area contributed by atoms with Crippen molar-refractivity contribution in [1.29, 1.82) is 0 Å². The van der Waals surface area contributed by atoms with Gasteiger partial charge in [-0.05, 0) is 67.9 Å². The highest BCUT2D eigenvalue weighted by Gasteiger charge is 2.28. The monoisotopic (exact) mass is 327 g/mol. The van der Waals surface area contributed by atoms with Crippen LogP contribution in [0.3, 0.4) is 0 Å². The molecule has 0 spiro atoms. The van der Waals surface area contributed by atoms with Crippen LogP contribution in [-0.4, -0.2) is 22.4 Å². The van der Waals surface area contributed by atoms with Crippen molar-refractivity contribution in [2.24, 2.45) is 5.92 Å². The van der Waals surface area contributed by atoms with Gasteiger partial charge in [0.2, 0.25) is 0 Å². The van der Waals surface area contributed by atoms with Gasteiger partial charge in [0, 0.05) is 12.6 Å². The summed E-state index contributed by atoms with van der Waals surface area (Å²) >= 11 is 3.72. The maximum atomic E-state index is 4.61. The minimum absolute atomic E-state index is 0.701. The molecule has 0 aromatic carbocycles. The first-order valence-electron chi connectivity index (χ1n) is 7.62. The zero-order valence-electron chi connectivity index (χ0n) is 12.4. The molecule has 0 saturated heterocycles. The highest BCUT2D eigenvalue weighted by molar-refractivity contribution is 9.10. The standard InChI is InChI=1S/C15H26BrN3/c1-4-9-17-13-8-6-7-12(13)10-14-15(16)11(3)18-19(14)5-2/h12-13,17H,4-10H2,1-3H3. The molecule has 2 unspecified atom stereocenters. The van der Waals surface area contributed by atoms with E-state index in [0.717, 1.165) is 31.1 Å². The molecule has 0 amide bonds. The van der Waals surface area contributed by atoms with Crippen molar-refractivity contribution in [2.45, 2.75) is 65.5 Å². The summed E-state index contributed by atoms with van der Waals surface area (Å²) in [5.41, 5.74) is 2.50. The third-order valence-corrected chi connectivity index (χ3v) is 5.26. The molecule has 1 N–H and O–H groups in total. The second-order valence-corrected chi connectivity index (χ2v) is 6.41. The number of aryl methyl sites for hydroxylation is 2. The largest absolute Gasteiger partial charge is 0.314 e. The Morgan fingerprint density at radius 3 is 2.84 bits per heavy atom. The smallest absolute Gasteiger partial charge is 0.0738 e. The van der Waals surface area contributed by atoms with Gasteiger partial charge in [0.25, 0.3) is 0 Å². The average Bonchev–Trinajstić information content (AvgIpc) is 2.96. The Bertz CT molecular complexity index is 414. The fourth-order valence-corrected chi connectivity index (χ4v) is 3.64. The van der Waals surface area contributed by atoms with Crippen LogP contribution in [-0.2, 0) is 13.0 Å². The molecule has 2 atom stereocenters. The zero-order chi connectivity index (χ0) is 13.8. The van der Waals surface area contributed by atoms with Crippen molar-refractivity contribution in [3.63, 3.8) is 0 Å². The van der Waals surface area contributed by atoms with Gasteiger partial charge in [-0.3, -0.25) is 4.68 Å². The fourth-order valence-electron chi connectivity index (χ4n) is 3.19. The van der Waals surface area contributed by atoms with Crippen LogP contribution < -0.4 is 5.32 Å². The van der Waals surface area contributed by atoms with Crippen LogP contribution in [0.25, 0.3) is 0 Å². The van der Waals surface area contributed by atoms with E-state index in [1.165, 1.54) is 35.8 Å². The van der Waals surface area contributed by atoms with Gasteiger partial charge in [0.05, 0.1) is 15.9 Å². The molecule has 1 aromatic rings. The number of hydrogen-bond donors (Lipinski definition) is 1. The lowest BCUT2D eigenvalue weighted by atomic mass is 9.97. The van der Waals surface area contributed by atoms with Crippen molar-refractivity contribution in [1.82, 2.24) is 15.1 Å². The minimum atomic E-state index is 0.701. The van der Waals surface area contributed by atoms with E-state index < -0.39 is 0 Å². The summed E-state index contributed by atoms with van der Waals surface area (Å²) in [6, 6.07) is 0.701. The van der Waals surface area contributed by atoms with Crippen LogP contribution in [0.5, 0.6) is 0 Å². The maximum Gasteiger partial charge on any atom is 0.0738 e. The Morgan fingerprint density at radius 2 is 2.16 bits per heavy atom. The summed E-state index contributed by atoms with van der Waals surface area (Å²) < 4.78 is 3.38. The van der Waals surface area contributed by atoms with Crippen molar-refractivity contribution in [2.75, 3.05) is 6.54 Å². The van der Waals surface area contributed by atoms with E-state index in [0.29, 0.717) is 6.04 Å². The first-order chi connectivity index (χ1) is 9.17. The van der Waals surface area contributed by atoms with Gasteiger partial charge in [-0.25, -0.2) is 0 Å². The van der Waals surface area contributed by atoms with Crippen molar-refractivity contribution in [3.05, 3.63) is 15.9 Å². The molecular weight excluding hydrogens is 302 g/mol. The zero-order valence-corrected chi connectivity index (χ0v) is 14.0.